The average molecular weight is 326 g/mol. The lowest BCUT2D eigenvalue weighted by atomic mass is 10.2. The minimum Gasteiger partial charge on any atom is -0.496 e. The number of nitrogens with one attached hydrogen (secondary N) is 1. The minimum atomic E-state index is -3.74. The van der Waals surface area contributed by atoms with E-state index in [0.717, 1.165) is 18.4 Å². The molecule has 1 aromatic carbocycles. The molecule has 0 aliphatic heterocycles. The van der Waals surface area contributed by atoms with Crippen LogP contribution in [0.1, 0.15) is 10.4 Å². The van der Waals surface area contributed by atoms with Crippen molar-refractivity contribution >= 4 is 31.9 Å². The van der Waals surface area contributed by atoms with Gasteiger partial charge in [-0.3, -0.25) is 4.79 Å². The number of amides is 1. The van der Waals surface area contributed by atoms with Crippen LogP contribution in [0.25, 0.3) is 0 Å². The molecule has 0 fully saturated rings. The summed E-state index contributed by atoms with van der Waals surface area (Å²) in [4.78, 5) is 11.5. The Morgan fingerprint density at radius 1 is 1.47 bits per heavy atom. The smallest absolute Gasteiger partial charge is 0.267 e. The van der Waals surface area contributed by atoms with Gasteiger partial charge in [0.25, 0.3) is 5.91 Å². The van der Waals surface area contributed by atoms with Gasteiger partial charge in [-0.05, 0) is 28.1 Å². The summed E-state index contributed by atoms with van der Waals surface area (Å²) in [5, 5.41) is 0. The van der Waals surface area contributed by atoms with Crippen LogP contribution >= 0.6 is 15.9 Å². The highest BCUT2D eigenvalue weighted by Gasteiger charge is 2.18. The molecule has 0 saturated carbocycles. The molecule has 0 bridgehead atoms. The van der Waals surface area contributed by atoms with Crippen molar-refractivity contribution in [1.82, 2.24) is 4.72 Å². The summed E-state index contributed by atoms with van der Waals surface area (Å²) in [6.07, 6.45) is 0.804. The lowest BCUT2D eigenvalue weighted by Crippen LogP contribution is -2.30. The first-order valence-electron chi connectivity index (χ1n) is 4.29. The molecular formula is C9H9BrFNO4S. The summed E-state index contributed by atoms with van der Waals surface area (Å²) < 4.78 is 42.0. The van der Waals surface area contributed by atoms with Gasteiger partial charge >= 0.3 is 0 Å². The van der Waals surface area contributed by atoms with E-state index in [9.17, 15) is 17.6 Å². The van der Waals surface area contributed by atoms with E-state index in [-0.39, 0.29) is 5.75 Å². The Labute approximate surface area is 106 Å². The first kappa shape index (κ1) is 13.9. The standard InChI is InChI=1S/C9H9BrFNO4S/c1-16-8-3-5(7(11)4-6(8)10)9(13)12-17(2,14)15/h3-4H,1-2H3,(H,12,13). The number of hydrogen-bond donors (Lipinski definition) is 1. The summed E-state index contributed by atoms with van der Waals surface area (Å²) in [5.41, 5.74) is -0.407. The zero-order chi connectivity index (χ0) is 13.2. The lowest BCUT2D eigenvalue weighted by Gasteiger charge is -2.08. The second-order valence-corrected chi connectivity index (χ2v) is 5.77. The maximum atomic E-state index is 13.5. The normalized spacial score (nSPS) is 11.1. The summed E-state index contributed by atoms with van der Waals surface area (Å²) >= 11 is 3.04. The van der Waals surface area contributed by atoms with Gasteiger partial charge in [0.2, 0.25) is 10.0 Å². The molecule has 0 saturated heterocycles. The number of methoxy groups -OCH3 is 1. The Morgan fingerprint density at radius 2 is 2.06 bits per heavy atom. The van der Waals surface area contributed by atoms with Crippen molar-refractivity contribution in [3.63, 3.8) is 0 Å². The van der Waals surface area contributed by atoms with Gasteiger partial charge in [-0.15, -0.1) is 0 Å². The molecule has 0 aliphatic carbocycles. The third-order valence-corrected chi connectivity index (χ3v) is 2.94. The molecule has 0 atom stereocenters. The number of carbonyl (C=O) groups is 1. The van der Waals surface area contributed by atoms with Crippen LogP contribution in [0.4, 0.5) is 4.39 Å². The SMILES string of the molecule is COc1cc(C(=O)NS(C)(=O)=O)c(F)cc1Br. The number of sulfonamides is 1. The maximum Gasteiger partial charge on any atom is 0.267 e. The molecule has 1 aromatic rings. The molecule has 1 N–H and O–H groups in total. The highest BCUT2D eigenvalue weighted by molar-refractivity contribution is 9.10. The Balaban J connectivity index is 3.18. The molecule has 0 unspecified atom stereocenters. The van der Waals surface area contributed by atoms with E-state index in [1.54, 1.807) is 4.72 Å². The van der Waals surface area contributed by atoms with Gasteiger partial charge < -0.3 is 4.74 Å². The fourth-order valence-electron chi connectivity index (χ4n) is 1.08. The Hall–Kier alpha value is -1.15. The Bertz CT molecular complexity index is 558. The van der Waals surface area contributed by atoms with Gasteiger partial charge in [0.15, 0.2) is 0 Å². The largest absolute Gasteiger partial charge is 0.496 e. The van der Waals surface area contributed by atoms with Gasteiger partial charge in [0.1, 0.15) is 11.6 Å². The lowest BCUT2D eigenvalue weighted by molar-refractivity contribution is 0.0977. The van der Waals surface area contributed by atoms with Crippen LogP contribution in [0.15, 0.2) is 16.6 Å². The second-order valence-electron chi connectivity index (χ2n) is 3.17. The third-order valence-electron chi connectivity index (χ3n) is 1.76. The van der Waals surface area contributed by atoms with Gasteiger partial charge in [-0.2, -0.15) is 0 Å². The topological polar surface area (TPSA) is 72.5 Å². The van der Waals surface area contributed by atoms with Crippen molar-refractivity contribution in [2.45, 2.75) is 0 Å². The van der Waals surface area contributed by atoms with Crippen LogP contribution < -0.4 is 9.46 Å². The van der Waals surface area contributed by atoms with Crippen molar-refractivity contribution < 1.29 is 22.3 Å². The fraction of sp³-hybridized carbons (Fsp3) is 0.222. The number of ether oxygens (including phenoxy) is 1. The first-order valence-corrected chi connectivity index (χ1v) is 6.98. The first-order chi connectivity index (χ1) is 7.74. The molecule has 0 aliphatic rings. The molecule has 0 spiro atoms. The number of benzene rings is 1. The quantitative estimate of drug-likeness (QED) is 0.908. The molecule has 8 heteroatoms. The second kappa shape index (κ2) is 5.01. The predicted molar refractivity (Wildman–Crippen MR) is 63.0 cm³/mol. The molecular weight excluding hydrogens is 317 g/mol. The van der Waals surface area contributed by atoms with Crippen molar-refractivity contribution in [2.75, 3.05) is 13.4 Å². The van der Waals surface area contributed by atoms with E-state index >= 15 is 0 Å². The highest BCUT2D eigenvalue weighted by Crippen LogP contribution is 2.27. The minimum absolute atomic E-state index is 0.227. The highest BCUT2D eigenvalue weighted by atomic mass is 79.9. The van der Waals surface area contributed by atoms with E-state index in [0.29, 0.717) is 4.47 Å². The van der Waals surface area contributed by atoms with Crippen molar-refractivity contribution in [2.24, 2.45) is 0 Å². The van der Waals surface area contributed by atoms with Gasteiger partial charge in [0, 0.05) is 0 Å². The van der Waals surface area contributed by atoms with E-state index in [1.807, 2.05) is 0 Å². The van der Waals surface area contributed by atoms with E-state index in [4.69, 9.17) is 4.74 Å². The van der Waals surface area contributed by atoms with Crippen LogP contribution in [0, 0.1) is 5.82 Å². The van der Waals surface area contributed by atoms with Gasteiger partial charge in [0.05, 0.1) is 23.4 Å². The summed E-state index contributed by atoms with van der Waals surface area (Å²) in [6, 6.07) is 2.13. The molecule has 1 amide bonds. The molecule has 1 rings (SSSR count). The average Bonchev–Trinajstić information content (AvgIpc) is 2.14. The summed E-state index contributed by atoms with van der Waals surface area (Å²) in [6.45, 7) is 0. The van der Waals surface area contributed by atoms with Crippen LogP contribution in [0.3, 0.4) is 0 Å². The Morgan fingerprint density at radius 3 is 2.53 bits per heavy atom. The van der Waals surface area contributed by atoms with E-state index in [2.05, 4.69) is 15.9 Å². The summed E-state index contributed by atoms with van der Waals surface area (Å²) in [5.74, 6) is -1.67. The van der Waals surface area contributed by atoms with Crippen LogP contribution in [-0.4, -0.2) is 27.7 Å². The van der Waals surface area contributed by atoms with Crippen molar-refractivity contribution in [3.8, 4) is 5.75 Å². The number of halogens is 2. The summed E-state index contributed by atoms with van der Waals surface area (Å²) in [7, 11) is -2.39. The monoisotopic (exact) mass is 325 g/mol. The number of hydrogen-bond acceptors (Lipinski definition) is 4. The molecule has 94 valence electrons. The van der Waals surface area contributed by atoms with Gasteiger partial charge in [-0.1, -0.05) is 0 Å². The Kier molecular flexibility index (Phi) is 4.10. The predicted octanol–water partition coefficient (Wildman–Crippen LogP) is 1.29. The fourth-order valence-corrected chi connectivity index (χ4v) is 2.01. The van der Waals surface area contributed by atoms with E-state index in [1.165, 1.54) is 7.11 Å². The maximum absolute atomic E-state index is 13.5. The van der Waals surface area contributed by atoms with Crippen molar-refractivity contribution in [1.29, 1.82) is 0 Å². The van der Waals surface area contributed by atoms with E-state index < -0.39 is 27.3 Å². The number of carbonyl (C=O) groups excluding carboxylic acids is 1. The van der Waals surface area contributed by atoms with Gasteiger partial charge in [-0.25, -0.2) is 17.5 Å². The van der Waals surface area contributed by atoms with Crippen LogP contribution in [-0.2, 0) is 10.0 Å². The molecule has 0 heterocycles. The third kappa shape index (κ3) is 3.67. The number of rotatable bonds is 3. The van der Waals surface area contributed by atoms with Crippen LogP contribution in [0.5, 0.6) is 5.75 Å². The molecule has 0 aromatic heterocycles. The molecule has 17 heavy (non-hydrogen) atoms. The van der Waals surface area contributed by atoms with Crippen molar-refractivity contribution in [3.05, 3.63) is 28.0 Å². The molecule has 5 nitrogen and oxygen atoms in total. The molecule has 0 radical (unpaired) electrons. The zero-order valence-electron chi connectivity index (χ0n) is 8.95. The van der Waals surface area contributed by atoms with Crippen LogP contribution in [0.2, 0.25) is 0 Å². The zero-order valence-corrected chi connectivity index (χ0v) is 11.4.